The van der Waals surface area contributed by atoms with Crippen molar-refractivity contribution in [3.63, 3.8) is 0 Å². The number of nitrogens with zero attached hydrogens (tertiary/aromatic N) is 2. The van der Waals surface area contributed by atoms with E-state index in [1.807, 2.05) is 38.1 Å². The Balaban J connectivity index is 1.68. The Morgan fingerprint density at radius 1 is 1.13 bits per heavy atom. The Morgan fingerprint density at radius 3 is 2.51 bits per heavy atom. The van der Waals surface area contributed by atoms with Crippen molar-refractivity contribution in [3.8, 4) is 5.75 Å². The first-order valence-electron chi connectivity index (χ1n) is 13.5. The highest BCUT2D eigenvalue weighted by Crippen LogP contribution is 2.20. The van der Waals surface area contributed by atoms with Gasteiger partial charge in [0.25, 0.3) is 0 Å². The third kappa shape index (κ3) is 8.90. The van der Waals surface area contributed by atoms with E-state index in [0.717, 1.165) is 11.6 Å². The predicted octanol–water partition coefficient (Wildman–Crippen LogP) is 3.33. The number of carbonyl (C=O) groups is 2. The fourth-order valence-electron chi connectivity index (χ4n) is 4.96. The Bertz CT molecular complexity index is 1080. The first-order valence-corrected chi connectivity index (χ1v) is 13.5. The van der Waals surface area contributed by atoms with Crippen LogP contribution in [0, 0.1) is 17.6 Å². The van der Waals surface area contributed by atoms with Gasteiger partial charge in [0.1, 0.15) is 17.4 Å². The summed E-state index contributed by atoms with van der Waals surface area (Å²) < 4.78 is 33.0. The molecular weight excluding hydrogens is 506 g/mol. The van der Waals surface area contributed by atoms with Crippen molar-refractivity contribution in [1.29, 1.82) is 0 Å². The lowest BCUT2D eigenvalue weighted by Gasteiger charge is -2.36. The number of likely N-dealkylation sites (tertiary alicyclic amines) is 1. The molecule has 3 rings (SSSR count). The van der Waals surface area contributed by atoms with Gasteiger partial charge in [-0.1, -0.05) is 12.1 Å². The summed E-state index contributed by atoms with van der Waals surface area (Å²) in [5.41, 5.74) is 1.27. The lowest BCUT2D eigenvalue weighted by molar-refractivity contribution is -0.136. The van der Waals surface area contributed by atoms with Crippen LogP contribution < -0.4 is 15.4 Å². The summed E-state index contributed by atoms with van der Waals surface area (Å²) in [7, 11) is 1.59. The lowest BCUT2D eigenvalue weighted by atomic mass is 9.96. The molecule has 1 aliphatic rings. The topological polar surface area (TPSA) is 94.1 Å². The van der Waals surface area contributed by atoms with E-state index in [2.05, 4.69) is 10.6 Å². The third-order valence-electron chi connectivity index (χ3n) is 7.10. The number of aliphatic hydroxyl groups is 1. The number of piperidine rings is 1. The van der Waals surface area contributed by atoms with E-state index >= 15 is 0 Å². The molecule has 2 aromatic carbocycles. The van der Waals surface area contributed by atoms with Gasteiger partial charge in [-0.05, 0) is 68.5 Å². The molecule has 3 atom stereocenters. The molecule has 0 radical (unpaired) electrons. The van der Waals surface area contributed by atoms with Gasteiger partial charge in [0.15, 0.2) is 0 Å². The molecule has 214 valence electrons. The van der Waals surface area contributed by atoms with Crippen LogP contribution in [-0.2, 0) is 17.8 Å². The van der Waals surface area contributed by atoms with Crippen LogP contribution in [0.4, 0.5) is 13.6 Å². The lowest BCUT2D eigenvalue weighted by Crippen LogP contribution is -2.55. The van der Waals surface area contributed by atoms with Crippen LogP contribution in [0.1, 0.15) is 37.8 Å². The maximum absolute atomic E-state index is 13.9. The Hall–Kier alpha value is -3.24. The minimum Gasteiger partial charge on any atom is -0.497 e. The summed E-state index contributed by atoms with van der Waals surface area (Å²) in [6.45, 7) is 6.43. The van der Waals surface area contributed by atoms with E-state index in [9.17, 15) is 23.5 Å². The normalized spacial score (nSPS) is 16.9. The minimum absolute atomic E-state index is 0.0259. The zero-order valence-electron chi connectivity index (χ0n) is 23.0. The van der Waals surface area contributed by atoms with Gasteiger partial charge in [-0.15, -0.1) is 0 Å². The standard InChI is InChI=1S/C29H40F2N4O4/c1-4-34(5-2)28(37)22-9-7-11-35(19-22)29(38)33-26(15-21-12-23(30)16-24(31)13-21)27(36)18-32-17-20-8-6-10-25(14-20)39-3/h6,8,10,12-14,16,22,26-27,32,36H,4-5,7,9,11,15,17-19H2,1-3H3,(H,33,38)/t22?,26-,27+/m1/s1. The SMILES string of the molecule is CCN(CC)C(=O)C1CCCN(C(=O)N[C@H](Cc2cc(F)cc(F)c2)[C@@H](O)CNCc2cccc(OC)c2)C1. The molecule has 1 aliphatic heterocycles. The highest BCUT2D eigenvalue weighted by molar-refractivity contribution is 5.81. The molecule has 1 unspecified atom stereocenters. The maximum atomic E-state index is 13.9. The number of hydrogen-bond acceptors (Lipinski definition) is 5. The second-order valence-corrected chi connectivity index (χ2v) is 9.88. The van der Waals surface area contributed by atoms with Crippen molar-refractivity contribution in [2.45, 2.75) is 51.8 Å². The van der Waals surface area contributed by atoms with Crippen LogP contribution >= 0.6 is 0 Å². The number of halogens is 2. The fourth-order valence-corrected chi connectivity index (χ4v) is 4.96. The first kappa shape index (κ1) is 30.3. The number of rotatable bonds is 12. The second kappa shape index (κ2) is 14.8. The number of aliphatic hydroxyl groups excluding tert-OH is 1. The van der Waals surface area contributed by atoms with Crippen molar-refractivity contribution in [1.82, 2.24) is 20.4 Å². The molecular formula is C29H40F2N4O4. The molecule has 0 saturated carbocycles. The molecule has 0 spiro atoms. The summed E-state index contributed by atoms with van der Waals surface area (Å²) in [5, 5.41) is 17.1. The van der Waals surface area contributed by atoms with Gasteiger partial charge in [-0.2, -0.15) is 0 Å². The van der Waals surface area contributed by atoms with Gasteiger partial charge in [0.2, 0.25) is 5.91 Å². The number of urea groups is 1. The van der Waals surface area contributed by atoms with Gasteiger partial charge < -0.3 is 30.3 Å². The quantitative estimate of drug-likeness (QED) is 0.380. The zero-order valence-corrected chi connectivity index (χ0v) is 23.0. The van der Waals surface area contributed by atoms with E-state index in [1.54, 1.807) is 16.9 Å². The minimum atomic E-state index is -1.05. The number of hydrogen-bond donors (Lipinski definition) is 3. The summed E-state index contributed by atoms with van der Waals surface area (Å²) >= 11 is 0. The van der Waals surface area contributed by atoms with Crippen LogP contribution in [0.25, 0.3) is 0 Å². The highest BCUT2D eigenvalue weighted by atomic mass is 19.1. The molecule has 39 heavy (non-hydrogen) atoms. The van der Waals surface area contributed by atoms with E-state index in [-0.39, 0.29) is 31.3 Å². The van der Waals surface area contributed by atoms with Crippen LogP contribution in [-0.4, -0.2) is 78.8 Å². The molecule has 1 saturated heterocycles. The number of ether oxygens (including phenoxy) is 1. The van der Waals surface area contributed by atoms with Gasteiger partial charge >= 0.3 is 6.03 Å². The van der Waals surface area contributed by atoms with Crippen LogP contribution in [0.15, 0.2) is 42.5 Å². The average Bonchev–Trinajstić information content (AvgIpc) is 2.92. The molecule has 1 heterocycles. The molecule has 0 aromatic heterocycles. The molecule has 8 nitrogen and oxygen atoms in total. The van der Waals surface area contributed by atoms with Crippen molar-refractivity contribution >= 4 is 11.9 Å². The number of nitrogens with one attached hydrogen (secondary N) is 2. The van der Waals surface area contributed by atoms with Crippen LogP contribution in [0.5, 0.6) is 5.75 Å². The highest BCUT2D eigenvalue weighted by Gasteiger charge is 2.32. The van der Waals surface area contributed by atoms with E-state index in [1.165, 1.54) is 12.1 Å². The first-order chi connectivity index (χ1) is 18.7. The predicted molar refractivity (Wildman–Crippen MR) is 145 cm³/mol. The number of methoxy groups -OCH3 is 1. The Labute approximate surface area is 229 Å². The molecule has 1 fully saturated rings. The summed E-state index contributed by atoms with van der Waals surface area (Å²) in [6.07, 6.45) is 0.374. The molecule has 0 aliphatic carbocycles. The molecule has 10 heteroatoms. The molecule has 0 bridgehead atoms. The maximum Gasteiger partial charge on any atom is 0.317 e. The van der Waals surface area contributed by atoms with Gasteiger partial charge in [-0.3, -0.25) is 4.79 Å². The third-order valence-corrected chi connectivity index (χ3v) is 7.10. The second-order valence-electron chi connectivity index (χ2n) is 9.88. The van der Waals surface area contributed by atoms with Gasteiger partial charge in [-0.25, -0.2) is 13.6 Å². The smallest absolute Gasteiger partial charge is 0.317 e. The monoisotopic (exact) mass is 546 g/mol. The number of carbonyl (C=O) groups excluding carboxylic acids is 2. The van der Waals surface area contributed by atoms with Crippen molar-refractivity contribution in [2.75, 3.05) is 39.8 Å². The molecule has 2 aromatic rings. The van der Waals surface area contributed by atoms with E-state index < -0.39 is 29.8 Å². The van der Waals surface area contributed by atoms with Crippen LogP contribution in [0.2, 0.25) is 0 Å². The number of benzene rings is 2. The van der Waals surface area contributed by atoms with Crippen molar-refractivity contribution in [3.05, 3.63) is 65.2 Å². The number of amides is 3. The molecule has 3 N–H and O–H groups in total. The van der Waals surface area contributed by atoms with Crippen molar-refractivity contribution < 1.29 is 28.2 Å². The summed E-state index contributed by atoms with van der Waals surface area (Å²) in [6, 6.07) is 9.42. The zero-order chi connectivity index (χ0) is 28.4. The fraction of sp³-hybridized carbons (Fsp3) is 0.517. The van der Waals surface area contributed by atoms with Gasteiger partial charge in [0.05, 0.1) is 25.2 Å². The van der Waals surface area contributed by atoms with Crippen LogP contribution in [0.3, 0.4) is 0 Å². The summed E-state index contributed by atoms with van der Waals surface area (Å²) in [5.74, 6) is -0.989. The largest absolute Gasteiger partial charge is 0.497 e. The van der Waals surface area contributed by atoms with Gasteiger partial charge in [0, 0.05) is 45.3 Å². The van der Waals surface area contributed by atoms with Crippen molar-refractivity contribution in [2.24, 2.45) is 5.92 Å². The molecule has 3 amide bonds. The average molecular weight is 547 g/mol. The van der Waals surface area contributed by atoms with E-state index in [0.29, 0.717) is 50.3 Å². The Kier molecular flexibility index (Phi) is 11.5. The van der Waals surface area contributed by atoms with E-state index in [4.69, 9.17) is 4.74 Å². The Morgan fingerprint density at radius 2 is 1.85 bits per heavy atom. The summed E-state index contributed by atoms with van der Waals surface area (Å²) in [4.78, 5) is 29.5.